The second-order valence-corrected chi connectivity index (χ2v) is 5.51. The number of nitrogens with zero attached hydrogens (tertiary/aromatic N) is 4. The fraction of sp³-hybridized carbons (Fsp3) is 0.385. The molecule has 0 aromatic carbocycles. The Hall–Kier alpha value is -2.56. The van der Waals surface area contributed by atoms with Gasteiger partial charge in [-0.1, -0.05) is 0 Å². The lowest BCUT2D eigenvalue weighted by atomic mass is 10.4. The second-order valence-electron chi connectivity index (χ2n) is 5.10. The van der Waals surface area contributed by atoms with Crippen molar-refractivity contribution >= 4 is 28.9 Å². The molecule has 0 saturated carbocycles. The van der Waals surface area contributed by atoms with Gasteiger partial charge in [0.2, 0.25) is 0 Å². The van der Waals surface area contributed by atoms with Gasteiger partial charge in [0.1, 0.15) is 12.2 Å². The summed E-state index contributed by atoms with van der Waals surface area (Å²) in [4.78, 5) is 11.8. The summed E-state index contributed by atoms with van der Waals surface area (Å²) in [6.07, 6.45) is -0.935. The number of amides is 1. The lowest BCUT2D eigenvalue weighted by Crippen LogP contribution is -2.45. The number of thiocarbonyl (C=S) groups is 1. The van der Waals surface area contributed by atoms with E-state index in [1.165, 1.54) is 10.7 Å². The van der Waals surface area contributed by atoms with Crippen LogP contribution in [0, 0.1) is 13.8 Å². The van der Waals surface area contributed by atoms with Crippen molar-refractivity contribution in [1.29, 1.82) is 0 Å². The normalized spacial score (nSPS) is 10.8. The zero-order valence-electron chi connectivity index (χ0n) is 13.3. The molecule has 130 valence electrons. The highest BCUT2D eigenvalue weighted by Crippen LogP contribution is 2.17. The summed E-state index contributed by atoms with van der Waals surface area (Å²) in [5.74, 6) is -0.478. The first-order valence-electron chi connectivity index (χ1n) is 6.95. The van der Waals surface area contributed by atoms with Gasteiger partial charge in [-0.15, -0.1) is 0 Å². The van der Waals surface area contributed by atoms with Crippen molar-refractivity contribution in [2.75, 3.05) is 5.32 Å². The molecule has 24 heavy (non-hydrogen) atoms. The first-order valence-corrected chi connectivity index (χ1v) is 7.35. The smallest absolute Gasteiger partial charge is 0.282 e. The lowest BCUT2D eigenvalue weighted by Gasteiger charge is -2.11. The fourth-order valence-corrected chi connectivity index (χ4v) is 2.14. The number of carbonyl (C=O) groups excluding carboxylic acids is 1. The third-order valence-electron chi connectivity index (χ3n) is 3.09. The number of aryl methyl sites for hydroxylation is 3. The molecule has 0 aliphatic carbocycles. The molecule has 0 bridgehead atoms. The molecule has 8 nitrogen and oxygen atoms in total. The molecule has 0 spiro atoms. The molecule has 0 aliphatic rings. The van der Waals surface area contributed by atoms with Crippen molar-refractivity contribution in [2.45, 2.75) is 26.8 Å². The summed E-state index contributed by atoms with van der Waals surface area (Å²) in [6.45, 7) is 3.20. The Labute approximate surface area is 142 Å². The lowest BCUT2D eigenvalue weighted by molar-refractivity contribution is -0.122. The number of alkyl halides is 2. The van der Waals surface area contributed by atoms with E-state index < -0.39 is 12.3 Å². The van der Waals surface area contributed by atoms with E-state index in [0.717, 1.165) is 5.69 Å². The number of anilines is 1. The minimum atomic E-state index is -2.68. The molecule has 2 rings (SSSR count). The summed E-state index contributed by atoms with van der Waals surface area (Å²) in [6, 6.07) is 1.24. The summed E-state index contributed by atoms with van der Waals surface area (Å²) < 4.78 is 28.0. The van der Waals surface area contributed by atoms with Gasteiger partial charge in [0, 0.05) is 18.9 Å². The maximum Gasteiger partial charge on any atom is 0.282 e. The summed E-state index contributed by atoms with van der Waals surface area (Å²) >= 11 is 5.06. The van der Waals surface area contributed by atoms with Crippen molar-refractivity contribution in [2.24, 2.45) is 7.05 Å². The number of rotatable bonds is 4. The number of carbonyl (C=O) groups is 1. The summed E-state index contributed by atoms with van der Waals surface area (Å²) in [7, 11) is 1.77. The van der Waals surface area contributed by atoms with Gasteiger partial charge >= 0.3 is 0 Å². The Bertz CT molecular complexity index is 756. The van der Waals surface area contributed by atoms with Gasteiger partial charge in [-0.05, 0) is 32.1 Å². The van der Waals surface area contributed by atoms with Crippen LogP contribution in [-0.2, 0) is 18.4 Å². The molecule has 2 aromatic heterocycles. The minimum absolute atomic E-state index is 0.171. The molecule has 2 aromatic rings. The monoisotopic (exact) mass is 357 g/mol. The maximum atomic E-state index is 12.6. The molecule has 0 atom stereocenters. The van der Waals surface area contributed by atoms with Crippen molar-refractivity contribution in [3.8, 4) is 0 Å². The van der Waals surface area contributed by atoms with Crippen LogP contribution in [0.25, 0.3) is 0 Å². The minimum Gasteiger partial charge on any atom is -0.329 e. The topological polar surface area (TPSA) is 88.8 Å². The van der Waals surface area contributed by atoms with Crippen molar-refractivity contribution < 1.29 is 13.6 Å². The highest BCUT2D eigenvalue weighted by atomic mass is 32.1. The zero-order valence-corrected chi connectivity index (χ0v) is 14.1. The van der Waals surface area contributed by atoms with Gasteiger partial charge < -0.3 is 5.32 Å². The number of nitrogens with one attached hydrogen (secondary N) is 3. The van der Waals surface area contributed by atoms with Crippen LogP contribution in [0.4, 0.5) is 14.5 Å². The largest absolute Gasteiger partial charge is 0.329 e. The molecule has 0 unspecified atom stereocenters. The summed E-state index contributed by atoms with van der Waals surface area (Å²) in [5.41, 5.74) is 6.46. The average Bonchev–Trinajstić information content (AvgIpc) is 3.00. The maximum absolute atomic E-state index is 12.6. The number of halogens is 2. The van der Waals surface area contributed by atoms with Gasteiger partial charge in [-0.25, -0.2) is 8.78 Å². The molecular weight excluding hydrogens is 340 g/mol. The van der Waals surface area contributed by atoms with Gasteiger partial charge in [-0.2, -0.15) is 10.2 Å². The van der Waals surface area contributed by atoms with E-state index in [1.807, 2.05) is 6.92 Å². The van der Waals surface area contributed by atoms with E-state index in [1.54, 1.807) is 24.9 Å². The Balaban J connectivity index is 1.84. The van der Waals surface area contributed by atoms with Crippen LogP contribution in [0.2, 0.25) is 0 Å². The standard InChI is InChI=1S/C13H17F2N7OS/c1-7-4-9(12(14)15)20-22(7)6-11(23)17-18-13(24)16-10-5-21(3)19-8(10)2/h4-5,12H,6H2,1-3H3,(H,17,23)(H2,16,18,24). The highest BCUT2D eigenvalue weighted by Gasteiger charge is 2.15. The predicted molar refractivity (Wildman–Crippen MR) is 87.4 cm³/mol. The number of hydrogen-bond donors (Lipinski definition) is 3. The van der Waals surface area contributed by atoms with Gasteiger partial charge in [0.25, 0.3) is 12.3 Å². The number of hydrogen-bond acceptors (Lipinski definition) is 4. The third kappa shape index (κ3) is 4.47. The SMILES string of the molecule is Cc1nn(C)cc1NC(=S)NNC(=O)Cn1nc(C(F)F)cc1C. The number of aromatic nitrogens is 4. The zero-order chi connectivity index (χ0) is 17.9. The Kier molecular flexibility index (Phi) is 5.44. The van der Waals surface area contributed by atoms with Gasteiger partial charge in [0.15, 0.2) is 5.11 Å². The predicted octanol–water partition coefficient (Wildman–Crippen LogP) is 1.19. The fourth-order valence-electron chi connectivity index (χ4n) is 1.98. The van der Waals surface area contributed by atoms with Crippen molar-refractivity contribution in [3.63, 3.8) is 0 Å². The average molecular weight is 357 g/mol. The first-order chi connectivity index (χ1) is 11.3. The van der Waals surface area contributed by atoms with Crippen molar-refractivity contribution in [3.05, 3.63) is 29.3 Å². The van der Waals surface area contributed by atoms with Crippen LogP contribution >= 0.6 is 12.2 Å². The Morgan fingerprint density at radius 3 is 2.58 bits per heavy atom. The van der Waals surface area contributed by atoms with Crippen LogP contribution in [-0.4, -0.2) is 30.6 Å². The van der Waals surface area contributed by atoms with E-state index in [2.05, 4.69) is 26.4 Å². The summed E-state index contributed by atoms with van der Waals surface area (Å²) in [5, 5.41) is 10.9. The third-order valence-corrected chi connectivity index (χ3v) is 3.30. The molecule has 0 saturated heterocycles. The van der Waals surface area contributed by atoms with Gasteiger partial charge in [-0.3, -0.25) is 25.0 Å². The molecular formula is C13H17F2N7OS. The first kappa shape index (κ1) is 17.8. The van der Waals surface area contributed by atoms with Gasteiger partial charge in [0.05, 0.1) is 11.4 Å². The Morgan fingerprint density at radius 2 is 2.04 bits per heavy atom. The highest BCUT2D eigenvalue weighted by molar-refractivity contribution is 7.80. The van der Waals surface area contributed by atoms with Crippen molar-refractivity contribution in [1.82, 2.24) is 30.4 Å². The molecule has 0 aliphatic heterocycles. The van der Waals surface area contributed by atoms with Crippen LogP contribution in [0.3, 0.4) is 0 Å². The molecule has 2 heterocycles. The second kappa shape index (κ2) is 7.34. The molecule has 1 amide bonds. The van der Waals surface area contributed by atoms with Crippen LogP contribution in [0.5, 0.6) is 0 Å². The molecule has 0 radical (unpaired) electrons. The van der Waals surface area contributed by atoms with E-state index >= 15 is 0 Å². The molecule has 11 heteroatoms. The molecule has 0 fully saturated rings. The van der Waals surface area contributed by atoms with Crippen LogP contribution in [0.15, 0.2) is 12.3 Å². The quantitative estimate of drug-likeness (QED) is 0.563. The Morgan fingerprint density at radius 1 is 1.33 bits per heavy atom. The van der Waals surface area contributed by atoms with E-state index in [9.17, 15) is 13.6 Å². The number of hydrazine groups is 1. The van der Waals surface area contributed by atoms with E-state index in [4.69, 9.17) is 12.2 Å². The van der Waals surface area contributed by atoms with E-state index in [-0.39, 0.29) is 17.4 Å². The van der Waals surface area contributed by atoms with E-state index in [0.29, 0.717) is 11.4 Å². The van der Waals surface area contributed by atoms with Crippen LogP contribution in [0.1, 0.15) is 23.5 Å². The van der Waals surface area contributed by atoms with Crippen LogP contribution < -0.4 is 16.2 Å². The molecule has 3 N–H and O–H groups in total.